The van der Waals surface area contributed by atoms with Gasteiger partial charge in [0, 0.05) is 4.47 Å². The molecule has 0 radical (unpaired) electrons. The summed E-state index contributed by atoms with van der Waals surface area (Å²) in [6.07, 6.45) is 0. The molecule has 0 spiro atoms. The third-order valence-electron chi connectivity index (χ3n) is 2.96. The lowest BCUT2D eigenvalue weighted by molar-refractivity contribution is 0.626. The molecule has 19 heavy (non-hydrogen) atoms. The summed E-state index contributed by atoms with van der Waals surface area (Å²) in [5.41, 5.74) is 7.43. The van der Waals surface area contributed by atoms with Crippen molar-refractivity contribution in [2.45, 2.75) is 0 Å². The zero-order valence-corrected chi connectivity index (χ0v) is 11.5. The van der Waals surface area contributed by atoms with Crippen LogP contribution in [-0.2, 0) is 0 Å². The normalized spacial score (nSPS) is 10.8. The highest BCUT2D eigenvalue weighted by molar-refractivity contribution is 9.10. The number of rotatable bonds is 1. The molecule has 1 heterocycles. The molecule has 3 nitrogen and oxygen atoms in total. The Kier molecular flexibility index (Phi) is 2.87. The summed E-state index contributed by atoms with van der Waals surface area (Å²) < 4.78 is 6.47. The minimum Gasteiger partial charge on any atom is -0.440 e. The Hall–Kier alpha value is -2.07. The summed E-state index contributed by atoms with van der Waals surface area (Å²) in [4.78, 5) is 12.5. The van der Waals surface area contributed by atoms with Gasteiger partial charge in [0.05, 0.1) is 10.9 Å². The molecule has 0 saturated heterocycles. The molecule has 0 aliphatic carbocycles. The quantitative estimate of drug-likeness (QED) is 0.743. The summed E-state index contributed by atoms with van der Waals surface area (Å²) >= 11 is 3.36. The van der Waals surface area contributed by atoms with Crippen LogP contribution in [0.1, 0.15) is 0 Å². The maximum Gasteiger partial charge on any atom is 0.202 e. The van der Waals surface area contributed by atoms with E-state index >= 15 is 0 Å². The predicted octanol–water partition coefficient (Wildman–Crippen LogP) is 3.80. The molecular formula is C15H10BrNO2. The molecule has 0 aliphatic heterocycles. The Bertz CT molecular complexity index is 806. The maximum atomic E-state index is 12.5. The average molecular weight is 316 g/mol. The first kappa shape index (κ1) is 12.0. The van der Waals surface area contributed by atoms with Crippen molar-refractivity contribution in [1.29, 1.82) is 0 Å². The SMILES string of the molecule is Nc1oc2ccccc2c(=O)c1-c1ccc(Br)cc1. The van der Waals surface area contributed by atoms with Gasteiger partial charge in [-0.25, -0.2) is 0 Å². The Morgan fingerprint density at radius 3 is 2.42 bits per heavy atom. The minimum absolute atomic E-state index is 0.110. The van der Waals surface area contributed by atoms with Crippen molar-refractivity contribution in [2.75, 3.05) is 5.73 Å². The van der Waals surface area contributed by atoms with Crippen molar-refractivity contribution in [3.63, 3.8) is 0 Å². The van der Waals surface area contributed by atoms with Gasteiger partial charge in [-0.3, -0.25) is 4.79 Å². The van der Waals surface area contributed by atoms with Gasteiger partial charge in [-0.05, 0) is 29.8 Å². The van der Waals surface area contributed by atoms with Crippen molar-refractivity contribution < 1.29 is 4.42 Å². The van der Waals surface area contributed by atoms with Crippen molar-refractivity contribution >= 4 is 32.8 Å². The molecule has 0 amide bonds. The average Bonchev–Trinajstić information content (AvgIpc) is 2.41. The summed E-state index contributed by atoms with van der Waals surface area (Å²) in [7, 11) is 0. The summed E-state index contributed by atoms with van der Waals surface area (Å²) in [5.74, 6) is 0.144. The standard InChI is InChI=1S/C15H10BrNO2/c16-10-7-5-9(6-8-10)13-14(18)11-3-1-2-4-12(11)19-15(13)17/h1-8H,17H2. The third kappa shape index (κ3) is 2.04. The first-order chi connectivity index (χ1) is 9.16. The van der Waals surface area contributed by atoms with Gasteiger partial charge in [-0.15, -0.1) is 0 Å². The van der Waals surface area contributed by atoms with Crippen LogP contribution in [0.15, 0.2) is 62.2 Å². The topological polar surface area (TPSA) is 56.2 Å². The van der Waals surface area contributed by atoms with Crippen LogP contribution < -0.4 is 11.2 Å². The molecule has 94 valence electrons. The van der Waals surface area contributed by atoms with Crippen molar-refractivity contribution in [2.24, 2.45) is 0 Å². The van der Waals surface area contributed by atoms with E-state index in [4.69, 9.17) is 10.2 Å². The molecule has 1 aromatic heterocycles. The van der Waals surface area contributed by atoms with E-state index in [1.807, 2.05) is 30.3 Å². The number of halogens is 1. The van der Waals surface area contributed by atoms with E-state index in [1.54, 1.807) is 18.2 Å². The molecule has 2 aromatic carbocycles. The van der Waals surface area contributed by atoms with Gasteiger partial charge in [0.15, 0.2) is 0 Å². The first-order valence-corrected chi connectivity index (χ1v) is 6.53. The number of fused-ring (bicyclic) bond motifs is 1. The first-order valence-electron chi connectivity index (χ1n) is 5.74. The van der Waals surface area contributed by atoms with Crippen LogP contribution >= 0.6 is 15.9 Å². The molecule has 0 aliphatic rings. The maximum absolute atomic E-state index is 12.5. The van der Waals surface area contributed by atoms with Crippen LogP contribution in [0.2, 0.25) is 0 Å². The molecule has 4 heteroatoms. The van der Waals surface area contributed by atoms with E-state index in [0.29, 0.717) is 16.5 Å². The van der Waals surface area contributed by atoms with Crippen LogP contribution in [-0.4, -0.2) is 0 Å². The van der Waals surface area contributed by atoms with Gasteiger partial charge in [0.25, 0.3) is 0 Å². The molecule has 2 N–H and O–H groups in total. The number of nitrogen functional groups attached to an aromatic ring is 1. The second-order valence-electron chi connectivity index (χ2n) is 4.17. The highest BCUT2D eigenvalue weighted by Crippen LogP contribution is 2.27. The molecule has 0 bridgehead atoms. The van der Waals surface area contributed by atoms with Gasteiger partial charge >= 0.3 is 0 Å². The molecular weight excluding hydrogens is 306 g/mol. The minimum atomic E-state index is -0.110. The Balaban J connectivity index is 2.35. The van der Waals surface area contributed by atoms with E-state index in [2.05, 4.69) is 15.9 Å². The Morgan fingerprint density at radius 1 is 1.00 bits per heavy atom. The lowest BCUT2D eigenvalue weighted by Gasteiger charge is -2.06. The van der Waals surface area contributed by atoms with Gasteiger partial charge in [-0.2, -0.15) is 0 Å². The predicted molar refractivity (Wildman–Crippen MR) is 80.0 cm³/mol. The van der Waals surface area contributed by atoms with Gasteiger partial charge < -0.3 is 10.2 Å². The van der Waals surface area contributed by atoms with E-state index in [1.165, 1.54) is 0 Å². The summed E-state index contributed by atoms with van der Waals surface area (Å²) in [5, 5.41) is 0.537. The molecule has 0 unspecified atom stereocenters. The number of nitrogens with two attached hydrogens (primary N) is 1. The lowest BCUT2D eigenvalue weighted by Crippen LogP contribution is -2.08. The number of benzene rings is 2. The van der Waals surface area contributed by atoms with Crippen LogP contribution in [0, 0.1) is 0 Å². The fraction of sp³-hybridized carbons (Fsp3) is 0. The zero-order chi connectivity index (χ0) is 13.4. The molecule has 3 aromatic rings. The fourth-order valence-corrected chi connectivity index (χ4v) is 2.31. The number of hydrogen-bond acceptors (Lipinski definition) is 3. The second-order valence-corrected chi connectivity index (χ2v) is 5.09. The second kappa shape index (κ2) is 4.55. The zero-order valence-electron chi connectivity index (χ0n) is 9.89. The monoisotopic (exact) mass is 315 g/mol. The smallest absolute Gasteiger partial charge is 0.202 e. The highest BCUT2D eigenvalue weighted by atomic mass is 79.9. The lowest BCUT2D eigenvalue weighted by atomic mass is 10.0. The number of para-hydroxylation sites is 1. The van der Waals surface area contributed by atoms with Crippen molar-refractivity contribution in [3.8, 4) is 11.1 Å². The molecule has 0 atom stereocenters. The summed E-state index contributed by atoms with van der Waals surface area (Å²) in [6.45, 7) is 0. The molecule has 0 fully saturated rings. The van der Waals surface area contributed by atoms with E-state index in [0.717, 1.165) is 10.0 Å². The fourth-order valence-electron chi connectivity index (χ4n) is 2.05. The van der Waals surface area contributed by atoms with Gasteiger partial charge in [-0.1, -0.05) is 40.2 Å². The van der Waals surface area contributed by atoms with E-state index < -0.39 is 0 Å². The number of hydrogen-bond donors (Lipinski definition) is 1. The third-order valence-corrected chi connectivity index (χ3v) is 3.49. The van der Waals surface area contributed by atoms with Crippen LogP contribution in [0.3, 0.4) is 0 Å². The van der Waals surface area contributed by atoms with Crippen LogP contribution in [0.5, 0.6) is 0 Å². The van der Waals surface area contributed by atoms with Gasteiger partial charge in [0.2, 0.25) is 11.3 Å². The highest BCUT2D eigenvalue weighted by Gasteiger charge is 2.13. The number of anilines is 1. The van der Waals surface area contributed by atoms with Gasteiger partial charge in [0.1, 0.15) is 5.58 Å². The Labute approximate surface area is 117 Å². The molecule has 0 saturated carbocycles. The van der Waals surface area contributed by atoms with Crippen molar-refractivity contribution in [1.82, 2.24) is 0 Å². The largest absolute Gasteiger partial charge is 0.440 e. The van der Waals surface area contributed by atoms with Crippen LogP contribution in [0.25, 0.3) is 22.1 Å². The summed E-state index contributed by atoms with van der Waals surface area (Å²) in [6, 6.07) is 14.5. The van der Waals surface area contributed by atoms with Crippen LogP contribution in [0.4, 0.5) is 5.88 Å². The van der Waals surface area contributed by atoms with E-state index in [9.17, 15) is 4.79 Å². The van der Waals surface area contributed by atoms with E-state index in [-0.39, 0.29) is 11.3 Å². The van der Waals surface area contributed by atoms with Crippen molar-refractivity contribution in [3.05, 3.63) is 63.2 Å². The molecule has 3 rings (SSSR count). The Morgan fingerprint density at radius 2 is 1.68 bits per heavy atom.